The summed E-state index contributed by atoms with van der Waals surface area (Å²) in [4.78, 5) is 11.8. The predicted octanol–water partition coefficient (Wildman–Crippen LogP) is 2.29. The van der Waals surface area contributed by atoms with Crippen molar-refractivity contribution in [3.8, 4) is 11.5 Å². The summed E-state index contributed by atoms with van der Waals surface area (Å²) in [6.45, 7) is 3.93. The second-order valence-electron chi connectivity index (χ2n) is 5.40. The van der Waals surface area contributed by atoms with Crippen molar-refractivity contribution in [2.45, 2.75) is 13.5 Å². The third-order valence-corrected chi connectivity index (χ3v) is 3.61. The van der Waals surface area contributed by atoms with E-state index in [4.69, 9.17) is 9.47 Å². The number of rotatable bonds is 9. The van der Waals surface area contributed by atoms with Gasteiger partial charge in [0.05, 0.1) is 20.2 Å². The molecule has 128 valence electrons. The van der Waals surface area contributed by atoms with Crippen LogP contribution in [-0.4, -0.2) is 32.7 Å². The smallest absolute Gasteiger partial charge is 0.234 e. The summed E-state index contributed by atoms with van der Waals surface area (Å²) in [6, 6.07) is 15.5. The minimum absolute atomic E-state index is 0.0399. The zero-order valence-electron chi connectivity index (χ0n) is 14.2. The Hall–Kier alpha value is -2.53. The van der Waals surface area contributed by atoms with Gasteiger partial charge in [-0.25, -0.2) is 0 Å². The van der Waals surface area contributed by atoms with E-state index in [9.17, 15) is 4.79 Å². The number of methoxy groups -OCH3 is 1. The van der Waals surface area contributed by atoms with Crippen LogP contribution in [0.1, 0.15) is 11.1 Å². The van der Waals surface area contributed by atoms with E-state index in [0.29, 0.717) is 19.7 Å². The minimum Gasteiger partial charge on any atom is -0.497 e. The highest BCUT2D eigenvalue weighted by Gasteiger charge is 2.02. The largest absolute Gasteiger partial charge is 0.497 e. The first-order valence-corrected chi connectivity index (χ1v) is 7.98. The van der Waals surface area contributed by atoms with Gasteiger partial charge in [-0.1, -0.05) is 24.3 Å². The Bertz CT molecular complexity index is 641. The zero-order valence-corrected chi connectivity index (χ0v) is 14.2. The molecule has 2 N–H and O–H groups in total. The molecule has 0 aliphatic heterocycles. The van der Waals surface area contributed by atoms with Gasteiger partial charge in [-0.15, -0.1) is 0 Å². The van der Waals surface area contributed by atoms with Crippen LogP contribution in [0.5, 0.6) is 11.5 Å². The van der Waals surface area contributed by atoms with E-state index in [1.54, 1.807) is 7.11 Å². The number of amides is 1. The van der Waals surface area contributed by atoms with Crippen LogP contribution in [0.3, 0.4) is 0 Å². The average Bonchev–Trinajstić information content (AvgIpc) is 2.61. The molecule has 5 nitrogen and oxygen atoms in total. The summed E-state index contributed by atoms with van der Waals surface area (Å²) in [5.41, 5.74) is 2.42. The highest BCUT2D eigenvalue weighted by molar-refractivity contribution is 5.77. The topological polar surface area (TPSA) is 59.6 Å². The van der Waals surface area contributed by atoms with Gasteiger partial charge in [0.15, 0.2) is 0 Å². The Morgan fingerprint density at radius 1 is 1.04 bits per heavy atom. The van der Waals surface area contributed by atoms with Crippen molar-refractivity contribution in [1.29, 1.82) is 0 Å². The fraction of sp³-hybridized carbons (Fsp3) is 0.316. The quantitative estimate of drug-likeness (QED) is 0.694. The van der Waals surface area contributed by atoms with Gasteiger partial charge < -0.3 is 20.1 Å². The van der Waals surface area contributed by atoms with E-state index in [0.717, 1.165) is 11.5 Å². The highest BCUT2D eigenvalue weighted by Crippen LogP contribution is 2.16. The normalized spacial score (nSPS) is 10.2. The molecule has 0 fully saturated rings. The lowest BCUT2D eigenvalue weighted by molar-refractivity contribution is -0.120. The second-order valence-corrected chi connectivity index (χ2v) is 5.40. The van der Waals surface area contributed by atoms with Gasteiger partial charge in [0.2, 0.25) is 5.91 Å². The van der Waals surface area contributed by atoms with E-state index in [2.05, 4.69) is 29.7 Å². The third-order valence-electron chi connectivity index (χ3n) is 3.61. The van der Waals surface area contributed by atoms with Crippen molar-refractivity contribution in [3.05, 3.63) is 59.7 Å². The maximum Gasteiger partial charge on any atom is 0.234 e. The summed E-state index contributed by atoms with van der Waals surface area (Å²) in [5, 5.41) is 5.97. The summed E-state index contributed by atoms with van der Waals surface area (Å²) in [6.07, 6.45) is 0. The Labute approximate surface area is 143 Å². The van der Waals surface area contributed by atoms with Gasteiger partial charge in [-0.2, -0.15) is 0 Å². The molecule has 0 radical (unpaired) electrons. The number of ether oxygens (including phenoxy) is 2. The SMILES string of the molecule is COc1ccc(OCCNC(=O)CNCc2ccccc2C)cc1. The lowest BCUT2D eigenvalue weighted by Gasteiger charge is -2.10. The van der Waals surface area contributed by atoms with Gasteiger partial charge >= 0.3 is 0 Å². The molecular weight excluding hydrogens is 304 g/mol. The molecule has 0 heterocycles. The van der Waals surface area contributed by atoms with Crippen LogP contribution in [0.25, 0.3) is 0 Å². The second kappa shape index (κ2) is 9.57. The summed E-state index contributed by atoms with van der Waals surface area (Å²) in [7, 11) is 1.62. The maximum absolute atomic E-state index is 11.8. The van der Waals surface area contributed by atoms with Crippen LogP contribution in [0.15, 0.2) is 48.5 Å². The molecule has 5 heteroatoms. The summed E-state index contributed by atoms with van der Waals surface area (Å²) < 4.78 is 10.6. The lowest BCUT2D eigenvalue weighted by Crippen LogP contribution is -2.35. The number of benzene rings is 2. The van der Waals surface area contributed by atoms with Gasteiger partial charge in [0.1, 0.15) is 18.1 Å². The van der Waals surface area contributed by atoms with E-state index in [1.807, 2.05) is 36.4 Å². The predicted molar refractivity (Wildman–Crippen MR) is 94.4 cm³/mol. The van der Waals surface area contributed by atoms with Gasteiger partial charge in [-0.3, -0.25) is 4.79 Å². The number of hydrogen-bond acceptors (Lipinski definition) is 4. The molecule has 0 bridgehead atoms. The first kappa shape index (κ1) is 17.8. The van der Waals surface area contributed by atoms with Gasteiger partial charge in [-0.05, 0) is 42.3 Å². The Morgan fingerprint density at radius 3 is 2.46 bits per heavy atom. The van der Waals surface area contributed by atoms with Crippen LogP contribution >= 0.6 is 0 Å². The molecule has 1 amide bonds. The molecule has 0 spiro atoms. The number of hydrogen-bond donors (Lipinski definition) is 2. The van der Waals surface area contributed by atoms with Crippen molar-refractivity contribution in [3.63, 3.8) is 0 Å². The lowest BCUT2D eigenvalue weighted by atomic mass is 10.1. The van der Waals surface area contributed by atoms with Gasteiger partial charge in [0, 0.05) is 6.54 Å². The molecule has 0 aromatic heterocycles. The average molecular weight is 328 g/mol. The van der Waals surface area contributed by atoms with Crippen molar-refractivity contribution in [2.75, 3.05) is 26.8 Å². The monoisotopic (exact) mass is 328 g/mol. The molecule has 2 rings (SSSR count). The molecule has 2 aromatic carbocycles. The minimum atomic E-state index is -0.0399. The number of carbonyl (C=O) groups excluding carboxylic acids is 1. The third kappa shape index (κ3) is 5.93. The van der Waals surface area contributed by atoms with E-state index >= 15 is 0 Å². The first-order valence-electron chi connectivity index (χ1n) is 7.98. The van der Waals surface area contributed by atoms with Crippen LogP contribution in [-0.2, 0) is 11.3 Å². The van der Waals surface area contributed by atoms with Crippen LogP contribution in [0, 0.1) is 6.92 Å². The first-order chi connectivity index (χ1) is 11.7. The van der Waals surface area contributed by atoms with E-state index in [1.165, 1.54) is 11.1 Å². The van der Waals surface area contributed by atoms with Crippen molar-refractivity contribution in [2.24, 2.45) is 0 Å². The summed E-state index contributed by atoms with van der Waals surface area (Å²) >= 11 is 0. The molecular formula is C19H24N2O3. The zero-order chi connectivity index (χ0) is 17.2. The van der Waals surface area contributed by atoms with E-state index < -0.39 is 0 Å². The Morgan fingerprint density at radius 2 is 1.75 bits per heavy atom. The molecule has 0 aliphatic rings. The van der Waals surface area contributed by atoms with E-state index in [-0.39, 0.29) is 12.5 Å². The molecule has 0 unspecified atom stereocenters. The molecule has 0 saturated carbocycles. The standard InChI is InChI=1S/C19H24N2O3/c1-15-5-3-4-6-16(15)13-20-14-19(22)21-11-12-24-18-9-7-17(23-2)8-10-18/h3-10,20H,11-14H2,1-2H3,(H,21,22). The Balaban J connectivity index is 1.58. The van der Waals surface area contributed by atoms with Crippen molar-refractivity contribution < 1.29 is 14.3 Å². The van der Waals surface area contributed by atoms with Crippen molar-refractivity contribution >= 4 is 5.91 Å². The molecule has 2 aromatic rings. The van der Waals surface area contributed by atoms with Crippen LogP contribution in [0.2, 0.25) is 0 Å². The Kier molecular flexibility index (Phi) is 7.11. The molecule has 0 aliphatic carbocycles. The molecule has 0 atom stereocenters. The van der Waals surface area contributed by atoms with Crippen LogP contribution < -0.4 is 20.1 Å². The summed E-state index contributed by atoms with van der Waals surface area (Å²) in [5.74, 6) is 1.50. The highest BCUT2D eigenvalue weighted by atomic mass is 16.5. The van der Waals surface area contributed by atoms with Crippen molar-refractivity contribution in [1.82, 2.24) is 10.6 Å². The maximum atomic E-state index is 11.8. The number of aryl methyl sites for hydroxylation is 1. The van der Waals surface area contributed by atoms with Crippen LogP contribution in [0.4, 0.5) is 0 Å². The van der Waals surface area contributed by atoms with Gasteiger partial charge in [0.25, 0.3) is 0 Å². The fourth-order valence-electron chi connectivity index (χ4n) is 2.21. The molecule has 0 saturated heterocycles. The fourth-order valence-corrected chi connectivity index (χ4v) is 2.21. The molecule has 24 heavy (non-hydrogen) atoms. The number of carbonyl (C=O) groups is 1. The number of nitrogens with one attached hydrogen (secondary N) is 2.